The largest absolute Gasteiger partial charge is 0.493 e. The summed E-state index contributed by atoms with van der Waals surface area (Å²) >= 11 is 0. The van der Waals surface area contributed by atoms with E-state index >= 15 is 0 Å². The second-order valence-corrected chi connectivity index (χ2v) is 16.4. The Hall–Kier alpha value is -3.82. The minimum Gasteiger partial charge on any atom is -0.493 e. The molecule has 0 heterocycles. The van der Waals surface area contributed by atoms with Crippen LogP contribution in [0, 0.1) is 0 Å². The lowest BCUT2D eigenvalue weighted by atomic mass is 9.13. The van der Waals surface area contributed by atoms with Gasteiger partial charge in [0.1, 0.15) is 11.5 Å². The van der Waals surface area contributed by atoms with Crippen molar-refractivity contribution in [2.75, 3.05) is 7.11 Å². The first-order valence-electron chi connectivity index (χ1n) is 17.4. The van der Waals surface area contributed by atoms with Gasteiger partial charge in [-0.2, -0.15) is 35.0 Å². The molecule has 7 rings (SSSR count). The first kappa shape index (κ1) is 34.1. The lowest BCUT2D eigenvalue weighted by molar-refractivity contribution is -0.137. The maximum Gasteiger partial charge on any atom is 0.416 e. The van der Waals surface area contributed by atoms with Gasteiger partial charge in [-0.25, -0.2) is 0 Å². The summed E-state index contributed by atoms with van der Waals surface area (Å²) in [5.41, 5.74) is 6.16. The van der Waals surface area contributed by atoms with Crippen LogP contribution in [-0.2, 0) is 6.18 Å². The molecule has 0 N–H and O–H groups in total. The lowest BCUT2D eigenvalue weighted by Crippen LogP contribution is -2.74. The van der Waals surface area contributed by atoms with E-state index < -0.39 is 25.8 Å². The van der Waals surface area contributed by atoms with Crippen LogP contribution in [0.25, 0.3) is 0 Å². The van der Waals surface area contributed by atoms with Crippen molar-refractivity contribution < 1.29 is 17.9 Å². The van der Waals surface area contributed by atoms with Crippen molar-refractivity contribution in [3.05, 3.63) is 145 Å². The molecule has 0 bridgehead atoms. The molecule has 5 aromatic carbocycles. The quantitative estimate of drug-likeness (QED) is 0.119. The van der Waals surface area contributed by atoms with E-state index in [1.165, 1.54) is 92.5 Å². The molecular weight excluding hydrogens is 619 g/mol. The predicted molar refractivity (Wildman–Crippen MR) is 201 cm³/mol. The van der Waals surface area contributed by atoms with E-state index in [1.807, 2.05) is 0 Å². The molecule has 0 unspecified atom stereocenters. The van der Waals surface area contributed by atoms with Crippen LogP contribution in [0.4, 0.5) is 13.2 Å². The second kappa shape index (κ2) is 15.6. The summed E-state index contributed by atoms with van der Waals surface area (Å²) in [6.07, 6.45) is 4.55. The molecular formula is C42H45BF3OP. The lowest BCUT2D eigenvalue weighted by Gasteiger charge is -2.44. The fourth-order valence-corrected chi connectivity index (χ4v) is 12.8. The average Bonchev–Trinajstić information content (AvgIpc) is 3.87. The van der Waals surface area contributed by atoms with Crippen LogP contribution in [0.3, 0.4) is 0 Å². The maximum atomic E-state index is 13.0. The molecule has 1 nitrogen and oxygen atoms in total. The van der Waals surface area contributed by atoms with Crippen LogP contribution < -0.4 is 31.9 Å². The summed E-state index contributed by atoms with van der Waals surface area (Å²) in [5, 5.41) is 1.10. The van der Waals surface area contributed by atoms with Gasteiger partial charge in [0.25, 0.3) is 0 Å². The summed E-state index contributed by atoms with van der Waals surface area (Å²) < 4.78 is 44.4. The first-order chi connectivity index (χ1) is 23.4. The summed E-state index contributed by atoms with van der Waals surface area (Å²) in [5.74, 6) is 0.465. The number of benzene rings is 5. The average molecular weight is 665 g/mol. The number of hydrogen-bond acceptors (Lipinski definition) is 1. The van der Waals surface area contributed by atoms with Crippen molar-refractivity contribution >= 4 is 41.2 Å². The molecule has 2 aliphatic carbocycles. The SMILES string of the molecule is COc1cc(C(F)(F)F)ccc1[PH+](C1CCCC1)C1CCCC1.c1ccc([B-](c2ccccc2)(c2ccccc2)c2ccccc2)cc1. The van der Waals surface area contributed by atoms with E-state index in [1.54, 1.807) is 6.07 Å². The topological polar surface area (TPSA) is 9.23 Å². The van der Waals surface area contributed by atoms with Crippen molar-refractivity contribution in [1.82, 2.24) is 0 Å². The van der Waals surface area contributed by atoms with Crippen LogP contribution in [0.15, 0.2) is 140 Å². The Labute approximate surface area is 285 Å². The van der Waals surface area contributed by atoms with Crippen molar-refractivity contribution in [2.45, 2.75) is 68.9 Å². The summed E-state index contributed by atoms with van der Waals surface area (Å²) in [4.78, 5) is 0. The van der Waals surface area contributed by atoms with Crippen molar-refractivity contribution in [3.63, 3.8) is 0 Å². The third kappa shape index (κ3) is 7.27. The molecule has 0 atom stereocenters. The third-order valence-electron chi connectivity index (χ3n) is 10.6. The van der Waals surface area contributed by atoms with Crippen LogP contribution >= 0.6 is 7.92 Å². The predicted octanol–water partition coefficient (Wildman–Crippen LogP) is 8.50. The Morgan fingerprint density at radius 1 is 0.542 bits per heavy atom. The highest BCUT2D eigenvalue weighted by Gasteiger charge is 2.43. The van der Waals surface area contributed by atoms with E-state index in [-0.39, 0.29) is 0 Å². The van der Waals surface area contributed by atoms with Crippen LogP contribution in [-0.4, -0.2) is 24.6 Å². The minimum absolute atomic E-state index is 0.465. The molecule has 2 saturated carbocycles. The molecule has 0 aliphatic heterocycles. The smallest absolute Gasteiger partial charge is 0.416 e. The van der Waals surface area contributed by atoms with Crippen molar-refractivity contribution in [2.24, 2.45) is 0 Å². The highest BCUT2D eigenvalue weighted by molar-refractivity contribution is 7.67. The highest BCUT2D eigenvalue weighted by Crippen LogP contribution is 2.57. The van der Waals surface area contributed by atoms with Gasteiger partial charge in [0.05, 0.1) is 24.0 Å². The number of halogens is 3. The molecule has 0 spiro atoms. The molecule has 0 saturated heterocycles. The second-order valence-electron chi connectivity index (χ2n) is 13.3. The first-order valence-corrected chi connectivity index (χ1v) is 19.1. The van der Waals surface area contributed by atoms with Crippen LogP contribution in [0.2, 0.25) is 0 Å². The van der Waals surface area contributed by atoms with E-state index in [0.717, 1.165) is 5.30 Å². The van der Waals surface area contributed by atoms with Gasteiger partial charge < -0.3 is 4.74 Å². The summed E-state index contributed by atoms with van der Waals surface area (Å²) in [6.45, 7) is 0. The zero-order valence-electron chi connectivity index (χ0n) is 27.7. The van der Waals surface area contributed by atoms with E-state index in [9.17, 15) is 13.2 Å². The molecule has 0 amide bonds. The van der Waals surface area contributed by atoms with Crippen molar-refractivity contribution in [1.29, 1.82) is 0 Å². The summed E-state index contributed by atoms with van der Waals surface area (Å²) in [7, 11) is 0.629. The Morgan fingerprint density at radius 3 is 1.21 bits per heavy atom. The molecule has 2 fully saturated rings. The third-order valence-corrected chi connectivity index (χ3v) is 14.6. The number of rotatable bonds is 8. The molecule has 5 aromatic rings. The normalized spacial score (nSPS) is 15.7. The molecule has 0 aromatic heterocycles. The Morgan fingerprint density at radius 2 is 0.896 bits per heavy atom. The van der Waals surface area contributed by atoms with E-state index in [2.05, 4.69) is 121 Å². The van der Waals surface area contributed by atoms with Gasteiger partial charge in [-0.1, -0.05) is 121 Å². The van der Waals surface area contributed by atoms with Gasteiger partial charge in [-0.05, 0) is 69.6 Å². The van der Waals surface area contributed by atoms with Gasteiger partial charge >= 0.3 is 6.18 Å². The number of methoxy groups -OCH3 is 1. The zero-order chi connectivity index (χ0) is 33.4. The monoisotopic (exact) mass is 664 g/mol. The maximum absolute atomic E-state index is 13.0. The minimum atomic E-state index is -4.31. The molecule has 0 radical (unpaired) electrons. The Balaban J connectivity index is 0.000000168. The van der Waals surface area contributed by atoms with E-state index in [0.29, 0.717) is 17.1 Å². The Bertz CT molecular complexity index is 1520. The molecule has 2 aliphatic rings. The standard InChI is InChI=1S/C24H20B.C18H24F3OP/c1-5-13-21(14-6-1)25(22-15-7-2-8-16-22,23-17-9-3-10-18-23)24-19-11-4-12-20-24;1-22-16-12-13(18(19,20)21)10-11-17(16)23(14-6-2-3-7-14)15-8-4-5-9-15/h1-20H;10-12,14-15H,2-9H2,1H3/q-1;/p+1. The van der Waals surface area contributed by atoms with Gasteiger partial charge in [0.15, 0.2) is 5.75 Å². The fraction of sp³-hybridized carbons (Fsp3) is 0.286. The summed E-state index contributed by atoms with van der Waals surface area (Å²) in [6, 6.07) is 47.7. The molecule has 248 valence electrons. The van der Waals surface area contributed by atoms with Crippen molar-refractivity contribution in [3.8, 4) is 5.75 Å². The number of hydrogen-bond donors (Lipinski definition) is 0. The number of ether oxygens (including phenoxy) is 1. The molecule has 6 heteroatoms. The highest BCUT2D eigenvalue weighted by atomic mass is 31.1. The fourth-order valence-electron chi connectivity index (χ4n) is 8.47. The van der Waals surface area contributed by atoms with Gasteiger partial charge in [0, 0.05) is 7.92 Å². The van der Waals surface area contributed by atoms with E-state index in [4.69, 9.17) is 4.74 Å². The zero-order valence-corrected chi connectivity index (χ0v) is 28.7. The van der Waals surface area contributed by atoms with Gasteiger partial charge in [-0.15, -0.1) is 0 Å². The Kier molecular flexibility index (Phi) is 11.1. The van der Waals surface area contributed by atoms with Crippen LogP contribution in [0.5, 0.6) is 5.75 Å². The van der Waals surface area contributed by atoms with Gasteiger partial charge in [-0.3, -0.25) is 0 Å². The van der Waals surface area contributed by atoms with Crippen LogP contribution in [0.1, 0.15) is 56.9 Å². The number of alkyl halides is 3. The van der Waals surface area contributed by atoms with Gasteiger partial charge in [0.2, 0.25) is 0 Å². The molecule has 48 heavy (non-hydrogen) atoms.